The number of rotatable bonds is 6. The van der Waals surface area contributed by atoms with Crippen molar-refractivity contribution in [2.45, 2.75) is 32.5 Å². The third-order valence-corrected chi connectivity index (χ3v) is 4.70. The van der Waals surface area contributed by atoms with Crippen LogP contribution < -0.4 is 16.6 Å². The number of aromatic nitrogens is 6. The molecule has 0 amide bonds. The molecule has 0 spiro atoms. The molecule has 1 N–H and O–H groups in total. The van der Waals surface area contributed by atoms with Gasteiger partial charge in [-0.1, -0.05) is 0 Å². The van der Waals surface area contributed by atoms with E-state index in [1.807, 2.05) is 16.9 Å². The largest absolute Gasteiger partial charge is 0.332 e. The lowest BCUT2D eigenvalue weighted by Crippen LogP contribution is -2.38. The molecule has 134 valence electrons. The maximum atomic E-state index is 12.4. The highest BCUT2D eigenvalue weighted by Crippen LogP contribution is 2.09. The molecular formula is C16H23N7O2. The van der Waals surface area contributed by atoms with E-state index in [9.17, 15) is 9.59 Å². The summed E-state index contributed by atoms with van der Waals surface area (Å²) in [5, 5.41) is 7.71. The fourth-order valence-corrected chi connectivity index (χ4v) is 2.90. The second-order valence-electron chi connectivity index (χ2n) is 6.29. The Balaban J connectivity index is 1.74. The Morgan fingerprint density at radius 2 is 1.96 bits per heavy atom. The molecule has 3 aromatic rings. The molecule has 0 saturated carbocycles. The number of nitrogens with one attached hydrogen (secondary N) is 1. The number of nitrogens with zero attached hydrogens (tertiary/aromatic N) is 6. The summed E-state index contributed by atoms with van der Waals surface area (Å²) in [6.45, 7) is 5.45. The Labute approximate surface area is 144 Å². The normalized spacial score (nSPS) is 14.1. The zero-order valence-corrected chi connectivity index (χ0v) is 14.9. The molecule has 25 heavy (non-hydrogen) atoms. The Morgan fingerprint density at radius 3 is 2.64 bits per heavy atom. The summed E-state index contributed by atoms with van der Waals surface area (Å²) in [7, 11) is 3.10. The van der Waals surface area contributed by atoms with E-state index in [0.29, 0.717) is 24.3 Å². The summed E-state index contributed by atoms with van der Waals surface area (Å²) in [5.74, 6) is 0. The average molecular weight is 345 g/mol. The first kappa shape index (κ1) is 17.2. The molecule has 0 aromatic carbocycles. The molecule has 0 aliphatic carbocycles. The van der Waals surface area contributed by atoms with Gasteiger partial charge in [-0.15, -0.1) is 0 Å². The molecule has 3 aromatic heterocycles. The lowest BCUT2D eigenvalue weighted by molar-refractivity contribution is 0.362. The van der Waals surface area contributed by atoms with Gasteiger partial charge in [0, 0.05) is 45.6 Å². The van der Waals surface area contributed by atoms with E-state index in [0.717, 1.165) is 4.57 Å². The smallest absolute Gasteiger partial charge is 0.323 e. The van der Waals surface area contributed by atoms with Gasteiger partial charge in [-0.3, -0.25) is 18.6 Å². The number of fused-ring (bicyclic) bond motifs is 1. The van der Waals surface area contributed by atoms with Crippen LogP contribution in [-0.2, 0) is 20.6 Å². The summed E-state index contributed by atoms with van der Waals surface area (Å²) < 4.78 is 6.20. The van der Waals surface area contributed by atoms with Gasteiger partial charge in [-0.05, 0) is 19.9 Å². The summed E-state index contributed by atoms with van der Waals surface area (Å²) in [6, 6.07) is 2.33. The van der Waals surface area contributed by atoms with Crippen molar-refractivity contribution in [1.82, 2.24) is 33.8 Å². The second kappa shape index (κ2) is 6.67. The van der Waals surface area contributed by atoms with Gasteiger partial charge in [0.25, 0.3) is 5.56 Å². The Kier molecular flexibility index (Phi) is 4.58. The maximum absolute atomic E-state index is 12.4. The molecule has 0 fully saturated rings. The van der Waals surface area contributed by atoms with Gasteiger partial charge in [0.1, 0.15) is 0 Å². The van der Waals surface area contributed by atoms with Gasteiger partial charge in [0.05, 0.1) is 12.4 Å². The van der Waals surface area contributed by atoms with Gasteiger partial charge in [0.2, 0.25) is 0 Å². The molecular weight excluding hydrogens is 322 g/mol. The minimum absolute atomic E-state index is 0.210. The molecule has 0 aliphatic heterocycles. The standard InChI is InChI=1S/C16H23N7O2/c1-11(12(2)23-8-5-6-19-23)17-7-9-22-10-18-14-13(22)15(24)21(4)16(25)20(14)3/h5-6,8,10-12,17H,7,9H2,1-4H3/t11-,12+/m0/s1. The average Bonchev–Trinajstić information content (AvgIpc) is 3.27. The van der Waals surface area contributed by atoms with Gasteiger partial charge in [-0.2, -0.15) is 5.10 Å². The van der Waals surface area contributed by atoms with Crippen molar-refractivity contribution in [3.8, 4) is 0 Å². The van der Waals surface area contributed by atoms with Crippen molar-refractivity contribution >= 4 is 11.2 Å². The second-order valence-corrected chi connectivity index (χ2v) is 6.29. The van der Waals surface area contributed by atoms with Crippen molar-refractivity contribution in [3.05, 3.63) is 45.6 Å². The van der Waals surface area contributed by atoms with Crippen molar-refractivity contribution in [1.29, 1.82) is 0 Å². The number of hydrogen-bond acceptors (Lipinski definition) is 5. The predicted octanol–water partition coefficient (Wildman–Crippen LogP) is -0.130. The lowest BCUT2D eigenvalue weighted by atomic mass is 10.2. The van der Waals surface area contributed by atoms with Crippen LogP contribution in [0.25, 0.3) is 11.2 Å². The maximum Gasteiger partial charge on any atom is 0.332 e. The van der Waals surface area contributed by atoms with Crippen LogP contribution >= 0.6 is 0 Å². The summed E-state index contributed by atoms with van der Waals surface area (Å²) in [4.78, 5) is 28.6. The monoisotopic (exact) mass is 345 g/mol. The van der Waals surface area contributed by atoms with E-state index in [-0.39, 0.29) is 23.3 Å². The van der Waals surface area contributed by atoms with Crippen LogP contribution in [0.3, 0.4) is 0 Å². The Hall–Kier alpha value is -2.68. The first-order valence-corrected chi connectivity index (χ1v) is 8.25. The highest BCUT2D eigenvalue weighted by molar-refractivity contribution is 5.69. The number of imidazole rings is 1. The third-order valence-electron chi connectivity index (χ3n) is 4.70. The Morgan fingerprint density at radius 1 is 1.20 bits per heavy atom. The van der Waals surface area contributed by atoms with E-state index < -0.39 is 0 Å². The van der Waals surface area contributed by atoms with E-state index in [1.165, 1.54) is 11.6 Å². The molecule has 0 radical (unpaired) electrons. The lowest BCUT2D eigenvalue weighted by Gasteiger charge is -2.22. The zero-order valence-electron chi connectivity index (χ0n) is 14.9. The SMILES string of the molecule is C[C@H](NCCn1cnc2c1c(=O)n(C)c(=O)n2C)[C@@H](C)n1cccn1. The summed E-state index contributed by atoms with van der Waals surface area (Å²) >= 11 is 0. The highest BCUT2D eigenvalue weighted by atomic mass is 16.2. The molecule has 0 unspecified atom stereocenters. The van der Waals surface area contributed by atoms with Crippen LogP contribution in [0.5, 0.6) is 0 Å². The molecule has 0 bridgehead atoms. The van der Waals surface area contributed by atoms with Crippen molar-refractivity contribution in [2.24, 2.45) is 14.1 Å². The fraction of sp³-hybridized carbons (Fsp3) is 0.500. The molecule has 3 heterocycles. The Bertz CT molecular complexity index is 980. The molecule has 9 heteroatoms. The van der Waals surface area contributed by atoms with E-state index in [4.69, 9.17) is 0 Å². The first-order chi connectivity index (χ1) is 11.9. The number of hydrogen-bond donors (Lipinski definition) is 1. The van der Waals surface area contributed by atoms with Gasteiger partial charge >= 0.3 is 5.69 Å². The van der Waals surface area contributed by atoms with Crippen molar-refractivity contribution in [3.63, 3.8) is 0 Å². The van der Waals surface area contributed by atoms with Crippen LogP contribution in [0.2, 0.25) is 0 Å². The van der Waals surface area contributed by atoms with Gasteiger partial charge in [0.15, 0.2) is 11.2 Å². The van der Waals surface area contributed by atoms with Crippen molar-refractivity contribution < 1.29 is 0 Å². The van der Waals surface area contributed by atoms with Crippen LogP contribution in [0.15, 0.2) is 34.4 Å². The topological polar surface area (TPSA) is 91.7 Å². The first-order valence-electron chi connectivity index (χ1n) is 8.25. The summed E-state index contributed by atoms with van der Waals surface area (Å²) in [6.07, 6.45) is 5.31. The molecule has 2 atom stereocenters. The zero-order chi connectivity index (χ0) is 18.1. The van der Waals surface area contributed by atoms with Gasteiger partial charge < -0.3 is 9.88 Å². The van der Waals surface area contributed by atoms with E-state index in [1.54, 1.807) is 24.1 Å². The molecule has 3 rings (SSSR count). The highest BCUT2D eigenvalue weighted by Gasteiger charge is 2.16. The minimum Gasteiger partial charge on any atom is -0.323 e. The quantitative estimate of drug-likeness (QED) is 0.672. The number of aryl methyl sites for hydroxylation is 1. The summed E-state index contributed by atoms with van der Waals surface area (Å²) in [5.41, 5.74) is 0.154. The van der Waals surface area contributed by atoms with Crippen LogP contribution in [-0.4, -0.2) is 41.1 Å². The van der Waals surface area contributed by atoms with Crippen molar-refractivity contribution in [2.75, 3.05) is 6.54 Å². The van der Waals surface area contributed by atoms with Gasteiger partial charge in [-0.25, -0.2) is 9.78 Å². The predicted molar refractivity (Wildman–Crippen MR) is 94.6 cm³/mol. The third kappa shape index (κ3) is 3.02. The van der Waals surface area contributed by atoms with E-state index >= 15 is 0 Å². The van der Waals surface area contributed by atoms with Crippen LogP contribution in [0.4, 0.5) is 0 Å². The molecule has 9 nitrogen and oxygen atoms in total. The molecule has 0 aliphatic rings. The fourth-order valence-electron chi connectivity index (χ4n) is 2.90. The van der Waals surface area contributed by atoms with Crippen LogP contribution in [0, 0.1) is 0 Å². The molecule has 0 saturated heterocycles. The minimum atomic E-state index is -0.373. The van der Waals surface area contributed by atoms with E-state index in [2.05, 4.69) is 29.2 Å². The van der Waals surface area contributed by atoms with Crippen LogP contribution in [0.1, 0.15) is 19.9 Å².